The standard InChI is InChI=1S/C10H9NOS2/c1-2-14-10(13)12-9-6-4-3-5-8(9)7-11/h3-6H,2H2,1H3. The Kier molecular flexibility index (Phi) is 4.44. The van der Waals surface area contributed by atoms with Gasteiger partial charge in [0.15, 0.2) is 0 Å². The van der Waals surface area contributed by atoms with Gasteiger partial charge in [-0.15, -0.1) is 0 Å². The molecule has 0 fully saturated rings. The second-order valence-corrected chi connectivity index (χ2v) is 4.26. The van der Waals surface area contributed by atoms with E-state index >= 15 is 0 Å². The van der Waals surface area contributed by atoms with Crippen LogP contribution in [0.5, 0.6) is 5.75 Å². The van der Waals surface area contributed by atoms with Crippen molar-refractivity contribution in [2.45, 2.75) is 6.92 Å². The van der Waals surface area contributed by atoms with Crippen molar-refractivity contribution < 1.29 is 4.74 Å². The molecule has 4 heteroatoms. The molecule has 0 radical (unpaired) electrons. The number of benzene rings is 1. The summed E-state index contributed by atoms with van der Waals surface area (Å²) in [6.07, 6.45) is 0. The third-order valence-electron chi connectivity index (χ3n) is 1.46. The van der Waals surface area contributed by atoms with Crippen LogP contribution in [0.15, 0.2) is 24.3 Å². The Morgan fingerprint density at radius 3 is 2.93 bits per heavy atom. The molecule has 72 valence electrons. The maximum atomic E-state index is 8.78. The quantitative estimate of drug-likeness (QED) is 0.722. The Labute approximate surface area is 92.9 Å². The Morgan fingerprint density at radius 2 is 2.29 bits per heavy atom. The number of hydrogen-bond donors (Lipinski definition) is 0. The summed E-state index contributed by atoms with van der Waals surface area (Å²) in [6, 6.07) is 9.10. The van der Waals surface area contributed by atoms with Crippen molar-refractivity contribution in [3.8, 4) is 11.8 Å². The maximum Gasteiger partial charge on any atom is 0.225 e. The summed E-state index contributed by atoms with van der Waals surface area (Å²) in [5.41, 5.74) is 0.506. The second kappa shape index (κ2) is 5.63. The van der Waals surface area contributed by atoms with Gasteiger partial charge in [-0.25, -0.2) is 0 Å². The fraction of sp³-hybridized carbons (Fsp3) is 0.200. The van der Waals surface area contributed by atoms with Crippen LogP contribution >= 0.6 is 24.0 Å². The first-order valence-electron chi connectivity index (χ1n) is 4.11. The van der Waals surface area contributed by atoms with E-state index in [1.807, 2.05) is 19.1 Å². The van der Waals surface area contributed by atoms with Crippen LogP contribution in [-0.4, -0.2) is 10.1 Å². The number of hydrogen-bond acceptors (Lipinski definition) is 4. The monoisotopic (exact) mass is 223 g/mol. The number of nitrogens with zero attached hydrogens (tertiary/aromatic N) is 1. The van der Waals surface area contributed by atoms with Crippen molar-refractivity contribution in [2.24, 2.45) is 0 Å². The Bertz CT molecular complexity index is 371. The summed E-state index contributed by atoms with van der Waals surface area (Å²) in [5.74, 6) is 1.40. The zero-order valence-electron chi connectivity index (χ0n) is 7.69. The van der Waals surface area contributed by atoms with Gasteiger partial charge in [0.2, 0.25) is 4.38 Å². The highest BCUT2D eigenvalue weighted by Gasteiger charge is 2.04. The van der Waals surface area contributed by atoms with E-state index in [2.05, 4.69) is 0 Å². The fourth-order valence-corrected chi connectivity index (χ4v) is 1.71. The average Bonchev–Trinajstić information content (AvgIpc) is 2.19. The third kappa shape index (κ3) is 3.02. The van der Waals surface area contributed by atoms with E-state index in [4.69, 9.17) is 22.2 Å². The van der Waals surface area contributed by atoms with Gasteiger partial charge in [-0.1, -0.05) is 30.8 Å². The second-order valence-electron chi connectivity index (χ2n) is 2.39. The van der Waals surface area contributed by atoms with E-state index in [0.717, 1.165) is 5.75 Å². The zero-order valence-corrected chi connectivity index (χ0v) is 9.32. The first-order chi connectivity index (χ1) is 6.77. The summed E-state index contributed by atoms with van der Waals surface area (Å²) in [5, 5.41) is 8.78. The summed E-state index contributed by atoms with van der Waals surface area (Å²) in [6.45, 7) is 2.00. The SMILES string of the molecule is CCSC(=S)Oc1ccccc1C#N. The zero-order chi connectivity index (χ0) is 10.4. The molecule has 0 aliphatic carbocycles. The van der Waals surface area contributed by atoms with Crippen LogP contribution < -0.4 is 4.74 Å². The van der Waals surface area contributed by atoms with Crippen LogP contribution in [0.2, 0.25) is 0 Å². The largest absolute Gasteiger partial charge is 0.438 e. The lowest BCUT2D eigenvalue weighted by molar-refractivity contribution is 0.577. The predicted octanol–water partition coefficient (Wildman–Crippen LogP) is 2.98. The van der Waals surface area contributed by atoms with E-state index in [-0.39, 0.29) is 0 Å². The Balaban J connectivity index is 2.77. The van der Waals surface area contributed by atoms with E-state index in [9.17, 15) is 0 Å². The van der Waals surface area contributed by atoms with Crippen LogP contribution in [0, 0.1) is 11.3 Å². The van der Waals surface area contributed by atoms with Crippen LogP contribution in [0.4, 0.5) is 0 Å². The van der Waals surface area contributed by atoms with Gasteiger partial charge in [0.1, 0.15) is 11.8 Å². The highest BCUT2D eigenvalue weighted by molar-refractivity contribution is 8.22. The smallest absolute Gasteiger partial charge is 0.225 e. The van der Waals surface area contributed by atoms with Crippen LogP contribution in [0.3, 0.4) is 0 Å². The van der Waals surface area contributed by atoms with Crippen molar-refractivity contribution in [1.29, 1.82) is 5.26 Å². The lowest BCUT2D eigenvalue weighted by Crippen LogP contribution is -2.01. The van der Waals surface area contributed by atoms with E-state index in [1.54, 1.807) is 18.2 Å². The van der Waals surface area contributed by atoms with Crippen LogP contribution in [0.1, 0.15) is 12.5 Å². The van der Waals surface area contributed by atoms with Crippen molar-refractivity contribution in [3.05, 3.63) is 29.8 Å². The van der Waals surface area contributed by atoms with Gasteiger partial charge in [0, 0.05) is 0 Å². The van der Waals surface area contributed by atoms with Crippen molar-refractivity contribution in [1.82, 2.24) is 0 Å². The molecule has 0 aliphatic rings. The summed E-state index contributed by atoms with van der Waals surface area (Å²) in [4.78, 5) is 0. The Hall–Kier alpha value is -1.05. The first kappa shape index (κ1) is 11.0. The lowest BCUT2D eigenvalue weighted by Gasteiger charge is -2.05. The highest BCUT2D eigenvalue weighted by Crippen LogP contribution is 2.19. The molecule has 0 atom stereocenters. The minimum Gasteiger partial charge on any atom is -0.438 e. The fourth-order valence-electron chi connectivity index (χ4n) is 0.885. The molecule has 14 heavy (non-hydrogen) atoms. The minimum atomic E-state index is 0.454. The number of thiocarbonyl (C=S) groups is 1. The van der Waals surface area contributed by atoms with Gasteiger partial charge in [0.25, 0.3) is 0 Å². The van der Waals surface area contributed by atoms with Gasteiger partial charge in [-0.3, -0.25) is 0 Å². The molecule has 1 rings (SSSR count). The molecule has 0 aromatic heterocycles. The molecule has 0 spiro atoms. The molecule has 0 unspecified atom stereocenters. The molecule has 0 amide bonds. The average molecular weight is 223 g/mol. The van der Waals surface area contributed by atoms with E-state index in [0.29, 0.717) is 15.7 Å². The van der Waals surface area contributed by atoms with Crippen molar-refractivity contribution in [3.63, 3.8) is 0 Å². The molecule has 0 saturated heterocycles. The van der Waals surface area contributed by atoms with Gasteiger partial charge in [-0.2, -0.15) is 5.26 Å². The number of ether oxygens (including phenoxy) is 1. The number of rotatable bonds is 2. The topological polar surface area (TPSA) is 33.0 Å². The van der Waals surface area contributed by atoms with Crippen LogP contribution in [-0.2, 0) is 0 Å². The minimum absolute atomic E-state index is 0.454. The molecular weight excluding hydrogens is 214 g/mol. The molecule has 1 aromatic rings. The maximum absolute atomic E-state index is 8.78. The van der Waals surface area contributed by atoms with E-state index in [1.165, 1.54) is 11.8 Å². The van der Waals surface area contributed by atoms with Gasteiger partial charge in [-0.05, 0) is 30.1 Å². The molecule has 0 saturated carbocycles. The van der Waals surface area contributed by atoms with Crippen LogP contribution in [0.25, 0.3) is 0 Å². The van der Waals surface area contributed by atoms with Gasteiger partial charge < -0.3 is 4.74 Å². The molecule has 1 aromatic carbocycles. The molecule has 0 bridgehead atoms. The Morgan fingerprint density at radius 1 is 1.57 bits per heavy atom. The molecular formula is C10H9NOS2. The number of thioether (sulfide) groups is 1. The summed E-state index contributed by atoms with van der Waals surface area (Å²) >= 11 is 6.42. The third-order valence-corrected chi connectivity index (χ3v) is 2.51. The summed E-state index contributed by atoms with van der Waals surface area (Å²) < 4.78 is 5.80. The highest BCUT2D eigenvalue weighted by atomic mass is 32.2. The van der Waals surface area contributed by atoms with E-state index < -0.39 is 0 Å². The van der Waals surface area contributed by atoms with Crippen molar-refractivity contribution in [2.75, 3.05) is 5.75 Å². The molecule has 0 heterocycles. The number of nitriles is 1. The normalized spacial score (nSPS) is 9.14. The molecule has 0 aliphatic heterocycles. The summed E-state index contributed by atoms with van der Waals surface area (Å²) in [7, 11) is 0. The first-order valence-corrected chi connectivity index (χ1v) is 5.51. The molecule has 0 N–H and O–H groups in total. The number of para-hydroxylation sites is 1. The lowest BCUT2D eigenvalue weighted by atomic mass is 10.2. The van der Waals surface area contributed by atoms with Gasteiger partial charge in [0.05, 0.1) is 5.56 Å². The molecule has 2 nitrogen and oxygen atoms in total. The van der Waals surface area contributed by atoms with Gasteiger partial charge >= 0.3 is 0 Å². The predicted molar refractivity (Wildman–Crippen MR) is 62.5 cm³/mol. The van der Waals surface area contributed by atoms with Crippen molar-refractivity contribution >= 4 is 28.4 Å².